The van der Waals surface area contributed by atoms with Crippen molar-refractivity contribution in [1.82, 2.24) is 14.5 Å². The van der Waals surface area contributed by atoms with E-state index in [-0.39, 0.29) is 11.6 Å². The first-order chi connectivity index (χ1) is 10.1. The maximum absolute atomic E-state index is 6.61. The fourth-order valence-electron chi connectivity index (χ4n) is 3.19. The summed E-state index contributed by atoms with van der Waals surface area (Å²) in [5.41, 5.74) is 6.62. The van der Waals surface area contributed by atoms with Crippen molar-refractivity contribution in [3.63, 3.8) is 0 Å². The first-order valence-corrected chi connectivity index (χ1v) is 8.20. The van der Waals surface area contributed by atoms with Crippen molar-refractivity contribution in [2.75, 3.05) is 26.3 Å². The normalized spacial score (nSPS) is 21.1. The highest BCUT2D eigenvalue weighted by Crippen LogP contribution is 2.25. The van der Waals surface area contributed by atoms with Crippen LogP contribution in [0.5, 0.6) is 0 Å². The van der Waals surface area contributed by atoms with Crippen molar-refractivity contribution in [3.8, 4) is 0 Å². The molecular formula is C16H30N4O. The minimum atomic E-state index is 0.00672. The molecule has 0 spiro atoms. The van der Waals surface area contributed by atoms with Gasteiger partial charge in [0.15, 0.2) is 0 Å². The second-order valence-electron chi connectivity index (χ2n) is 6.16. The summed E-state index contributed by atoms with van der Waals surface area (Å²) >= 11 is 0. The molecule has 2 N–H and O–H groups in total. The van der Waals surface area contributed by atoms with Crippen molar-refractivity contribution in [2.24, 2.45) is 5.73 Å². The highest BCUT2D eigenvalue weighted by Gasteiger charge is 2.37. The molecule has 21 heavy (non-hydrogen) atoms. The number of imidazole rings is 1. The summed E-state index contributed by atoms with van der Waals surface area (Å²) in [5.74, 6) is 1.11. The quantitative estimate of drug-likeness (QED) is 0.831. The van der Waals surface area contributed by atoms with Crippen LogP contribution in [0.3, 0.4) is 0 Å². The van der Waals surface area contributed by atoms with E-state index in [1.165, 1.54) is 0 Å². The van der Waals surface area contributed by atoms with Crippen LogP contribution in [0.1, 0.15) is 39.4 Å². The Morgan fingerprint density at radius 3 is 2.71 bits per heavy atom. The second-order valence-corrected chi connectivity index (χ2v) is 6.16. The van der Waals surface area contributed by atoms with Crippen molar-refractivity contribution in [2.45, 2.75) is 58.2 Å². The molecule has 120 valence electrons. The highest BCUT2D eigenvalue weighted by atomic mass is 16.5. The molecule has 1 fully saturated rings. The summed E-state index contributed by atoms with van der Waals surface area (Å²) in [4.78, 5) is 7.00. The minimum absolute atomic E-state index is 0.00672. The summed E-state index contributed by atoms with van der Waals surface area (Å²) in [5, 5.41) is 0. The van der Waals surface area contributed by atoms with Gasteiger partial charge in [0.05, 0.1) is 13.2 Å². The lowest BCUT2D eigenvalue weighted by Gasteiger charge is -2.46. The predicted octanol–water partition coefficient (Wildman–Crippen LogP) is 1.66. The molecule has 1 aliphatic rings. The zero-order valence-electron chi connectivity index (χ0n) is 13.7. The van der Waals surface area contributed by atoms with E-state index in [0.717, 1.165) is 57.9 Å². The molecule has 0 aliphatic carbocycles. The molecule has 1 saturated heterocycles. The number of hydrogen-bond acceptors (Lipinski definition) is 4. The number of nitrogens with two attached hydrogens (primary N) is 1. The number of rotatable bonds is 7. The van der Waals surface area contributed by atoms with Crippen LogP contribution >= 0.6 is 0 Å². The first-order valence-electron chi connectivity index (χ1n) is 8.20. The van der Waals surface area contributed by atoms with Crippen LogP contribution in [0.25, 0.3) is 0 Å². The molecule has 2 heterocycles. The Balaban J connectivity index is 2.08. The maximum Gasteiger partial charge on any atom is 0.110 e. The van der Waals surface area contributed by atoms with E-state index in [1.807, 2.05) is 6.20 Å². The Morgan fingerprint density at radius 1 is 1.38 bits per heavy atom. The number of aromatic nitrogens is 2. The number of hydrogen-bond donors (Lipinski definition) is 1. The van der Waals surface area contributed by atoms with Crippen molar-refractivity contribution >= 4 is 0 Å². The van der Waals surface area contributed by atoms with Crippen LogP contribution < -0.4 is 5.73 Å². The van der Waals surface area contributed by atoms with Gasteiger partial charge in [0, 0.05) is 50.0 Å². The van der Waals surface area contributed by atoms with E-state index in [4.69, 9.17) is 10.5 Å². The lowest BCUT2D eigenvalue weighted by atomic mass is 9.85. The van der Waals surface area contributed by atoms with Crippen LogP contribution in [-0.4, -0.2) is 52.3 Å². The van der Waals surface area contributed by atoms with Crippen LogP contribution in [-0.2, 0) is 17.7 Å². The average molecular weight is 294 g/mol. The Morgan fingerprint density at radius 2 is 2.10 bits per heavy atom. The van der Waals surface area contributed by atoms with Crippen LogP contribution in [0, 0.1) is 0 Å². The fourth-order valence-corrected chi connectivity index (χ4v) is 3.19. The molecule has 0 saturated carbocycles. The van der Waals surface area contributed by atoms with Crippen LogP contribution in [0.2, 0.25) is 0 Å². The predicted molar refractivity (Wildman–Crippen MR) is 85.3 cm³/mol. The van der Waals surface area contributed by atoms with Gasteiger partial charge < -0.3 is 15.0 Å². The third-order valence-corrected chi connectivity index (χ3v) is 4.92. The van der Waals surface area contributed by atoms with E-state index in [1.54, 1.807) is 0 Å². The van der Waals surface area contributed by atoms with E-state index in [0.29, 0.717) is 0 Å². The van der Waals surface area contributed by atoms with E-state index < -0.39 is 0 Å². The zero-order valence-corrected chi connectivity index (χ0v) is 13.7. The highest BCUT2D eigenvalue weighted by molar-refractivity contribution is 5.03. The van der Waals surface area contributed by atoms with Gasteiger partial charge in [-0.3, -0.25) is 4.90 Å². The Labute approximate surface area is 128 Å². The topological polar surface area (TPSA) is 56.3 Å². The molecule has 0 bridgehead atoms. The molecule has 0 aromatic carbocycles. The van der Waals surface area contributed by atoms with Gasteiger partial charge in [0.1, 0.15) is 5.82 Å². The maximum atomic E-state index is 6.61. The Hall–Kier alpha value is -0.910. The van der Waals surface area contributed by atoms with Crippen LogP contribution in [0.4, 0.5) is 0 Å². The summed E-state index contributed by atoms with van der Waals surface area (Å²) in [6.07, 6.45) is 6.93. The zero-order chi connectivity index (χ0) is 15.3. The van der Waals surface area contributed by atoms with Gasteiger partial charge in [-0.2, -0.15) is 0 Å². The first kappa shape index (κ1) is 16.5. The SMILES string of the molecule is CCCn1ccnc1CC(N)C(C)(CC)N1CCOCC1. The molecule has 1 aliphatic heterocycles. The number of nitrogens with zero attached hydrogens (tertiary/aromatic N) is 3. The van der Waals surface area contributed by atoms with E-state index in [9.17, 15) is 0 Å². The van der Waals surface area contributed by atoms with Crippen molar-refractivity contribution < 1.29 is 4.74 Å². The molecular weight excluding hydrogens is 264 g/mol. The van der Waals surface area contributed by atoms with Gasteiger partial charge in [-0.15, -0.1) is 0 Å². The number of morpholine rings is 1. The third kappa shape index (κ3) is 3.65. The molecule has 2 rings (SSSR count). The molecule has 2 atom stereocenters. The van der Waals surface area contributed by atoms with Gasteiger partial charge in [-0.1, -0.05) is 13.8 Å². The summed E-state index contributed by atoms with van der Waals surface area (Å²) < 4.78 is 7.71. The molecule has 0 radical (unpaired) electrons. The van der Waals surface area contributed by atoms with Gasteiger partial charge in [0.25, 0.3) is 0 Å². The molecule has 0 amide bonds. The smallest absolute Gasteiger partial charge is 0.110 e. The Kier molecular flexibility index (Phi) is 5.79. The summed E-state index contributed by atoms with van der Waals surface area (Å²) in [6.45, 7) is 11.3. The Bertz CT molecular complexity index is 428. The van der Waals surface area contributed by atoms with Gasteiger partial charge in [0.2, 0.25) is 0 Å². The lowest BCUT2D eigenvalue weighted by Crippen LogP contribution is -2.61. The number of aryl methyl sites for hydroxylation is 1. The molecule has 5 nitrogen and oxygen atoms in total. The summed E-state index contributed by atoms with van der Waals surface area (Å²) in [7, 11) is 0. The minimum Gasteiger partial charge on any atom is -0.379 e. The standard InChI is InChI=1S/C16H30N4O/c1-4-7-19-8-6-18-15(19)13-14(17)16(3,5-2)20-9-11-21-12-10-20/h6,8,14H,4-5,7,9-13,17H2,1-3H3. The summed E-state index contributed by atoms with van der Waals surface area (Å²) in [6, 6.07) is 0.0820. The largest absolute Gasteiger partial charge is 0.379 e. The van der Waals surface area contributed by atoms with Gasteiger partial charge in [-0.25, -0.2) is 4.98 Å². The van der Waals surface area contributed by atoms with E-state index >= 15 is 0 Å². The van der Waals surface area contributed by atoms with Crippen LogP contribution in [0.15, 0.2) is 12.4 Å². The monoisotopic (exact) mass is 294 g/mol. The fraction of sp³-hybridized carbons (Fsp3) is 0.812. The second kappa shape index (κ2) is 7.38. The van der Waals surface area contributed by atoms with Gasteiger partial charge >= 0.3 is 0 Å². The number of ether oxygens (including phenoxy) is 1. The lowest BCUT2D eigenvalue weighted by molar-refractivity contribution is -0.0275. The molecule has 1 aromatic rings. The van der Waals surface area contributed by atoms with Gasteiger partial charge in [-0.05, 0) is 19.8 Å². The average Bonchev–Trinajstić information content (AvgIpc) is 2.95. The third-order valence-electron chi connectivity index (χ3n) is 4.92. The molecule has 2 unspecified atom stereocenters. The van der Waals surface area contributed by atoms with Crippen molar-refractivity contribution in [1.29, 1.82) is 0 Å². The molecule has 5 heteroatoms. The molecule has 1 aromatic heterocycles. The van der Waals surface area contributed by atoms with E-state index in [2.05, 4.69) is 41.4 Å². The van der Waals surface area contributed by atoms with Crippen molar-refractivity contribution in [3.05, 3.63) is 18.2 Å².